The van der Waals surface area contributed by atoms with E-state index in [0.29, 0.717) is 17.8 Å². The lowest BCUT2D eigenvalue weighted by Crippen LogP contribution is -2.29. The van der Waals surface area contributed by atoms with Crippen LogP contribution in [0.1, 0.15) is 40.7 Å². The van der Waals surface area contributed by atoms with Gasteiger partial charge in [-0.25, -0.2) is 8.42 Å². The second-order valence-corrected chi connectivity index (χ2v) is 9.63. The Hall–Kier alpha value is -2.38. The monoisotopic (exact) mass is 415 g/mol. The van der Waals surface area contributed by atoms with E-state index in [9.17, 15) is 13.2 Å². The fourth-order valence-corrected chi connectivity index (χ4v) is 4.03. The lowest BCUT2D eigenvalue weighted by molar-refractivity contribution is 0.0951. The molecule has 6 nitrogen and oxygen atoms in total. The zero-order chi connectivity index (χ0) is 20.9. The van der Waals surface area contributed by atoms with Crippen LogP contribution in [0.5, 0.6) is 0 Å². The number of benzene rings is 2. The molecule has 1 aliphatic rings. The quantitative estimate of drug-likeness (QED) is 0.755. The minimum atomic E-state index is -3.37. The summed E-state index contributed by atoms with van der Waals surface area (Å²) in [5.74, 6) is -0.227. The third-order valence-electron chi connectivity index (χ3n) is 5.27. The highest BCUT2D eigenvalue weighted by atomic mass is 32.2. The largest absolute Gasteiger partial charge is 0.348 e. The van der Waals surface area contributed by atoms with E-state index in [1.54, 1.807) is 24.3 Å². The van der Waals surface area contributed by atoms with E-state index < -0.39 is 10.0 Å². The Morgan fingerprint density at radius 3 is 2.45 bits per heavy atom. The molecule has 29 heavy (non-hydrogen) atoms. The normalized spacial score (nSPS) is 15.1. The molecule has 0 radical (unpaired) electrons. The first-order valence-electron chi connectivity index (χ1n) is 9.95. The number of anilines is 1. The molecule has 2 aromatic carbocycles. The molecule has 0 spiro atoms. The molecule has 2 aromatic rings. The molecule has 1 aliphatic heterocycles. The van der Waals surface area contributed by atoms with Gasteiger partial charge in [-0.15, -0.1) is 0 Å². The number of hydrogen-bond donors (Lipinski definition) is 1. The summed E-state index contributed by atoms with van der Waals surface area (Å²) in [5, 5.41) is 2.93. The number of nitrogens with one attached hydrogen (secondary N) is 1. The van der Waals surface area contributed by atoms with Gasteiger partial charge < -0.3 is 5.32 Å². The van der Waals surface area contributed by atoms with Crippen LogP contribution in [-0.4, -0.2) is 45.6 Å². The van der Waals surface area contributed by atoms with E-state index in [2.05, 4.69) is 22.3 Å². The summed E-state index contributed by atoms with van der Waals surface area (Å²) >= 11 is 0. The molecule has 0 bridgehead atoms. The fourth-order valence-electron chi connectivity index (χ4n) is 3.53. The van der Waals surface area contributed by atoms with Crippen LogP contribution in [0.2, 0.25) is 0 Å². The van der Waals surface area contributed by atoms with Gasteiger partial charge >= 0.3 is 0 Å². The summed E-state index contributed by atoms with van der Waals surface area (Å²) in [6.07, 6.45) is 4.99. The minimum Gasteiger partial charge on any atom is -0.348 e. The molecule has 1 saturated heterocycles. The summed E-state index contributed by atoms with van der Waals surface area (Å²) in [5.41, 5.74) is 3.21. The van der Waals surface area contributed by atoms with Gasteiger partial charge in [-0.05, 0) is 55.3 Å². The van der Waals surface area contributed by atoms with Gasteiger partial charge in [0.25, 0.3) is 5.91 Å². The fraction of sp³-hybridized carbons (Fsp3) is 0.409. The predicted octanol–water partition coefficient (Wildman–Crippen LogP) is 3.00. The molecule has 1 amide bonds. The number of amides is 1. The molecule has 1 N–H and O–H groups in total. The van der Waals surface area contributed by atoms with E-state index in [4.69, 9.17) is 0 Å². The van der Waals surface area contributed by atoms with Crippen molar-refractivity contribution in [3.63, 3.8) is 0 Å². The lowest BCUT2D eigenvalue weighted by Gasteiger charge is -2.26. The third-order valence-corrected chi connectivity index (χ3v) is 6.47. The van der Waals surface area contributed by atoms with Gasteiger partial charge in [0.2, 0.25) is 10.0 Å². The first-order valence-corrected chi connectivity index (χ1v) is 11.8. The lowest BCUT2D eigenvalue weighted by atomic mass is 10.1. The summed E-state index contributed by atoms with van der Waals surface area (Å²) in [6.45, 7) is 3.68. The van der Waals surface area contributed by atoms with E-state index in [-0.39, 0.29) is 5.91 Å². The highest BCUT2D eigenvalue weighted by Crippen LogP contribution is 2.18. The maximum Gasteiger partial charge on any atom is 0.251 e. The van der Waals surface area contributed by atoms with Gasteiger partial charge in [0.05, 0.1) is 11.9 Å². The van der Waals surface area contributed by atoms with E-state index in [0.717, 1.165) is 35.8 Å². The maximum atomic E-state index is 12.6. The van der Waals surface area contributed by atoms with Crippen LogP contribution >= 0.6 is 0 Å². The van der Waals surface area contributed by atoms with Crippen molar-refractivity contribution in [2.24, 2.45) is 0 Å². The van der Waals surface area contributed by atoms with Gasteiger partial charge in [-0.2, -0.15) is 0 Å². The van der Waals surface area contributed by atoms with Gasteiger partial charge in [-0.1, -0.05) is 36.8 Å². The summed E-state index contributed by atoms with van der Waals surface area (Å²) < 4.78 is 24.6. The van der Waals surface area contributed by atoms with Crippen molar-refractivity contribution in [1.29, 1.82) is 0 Å². The highest BCUT2D eigenvalue weighted by molar-refractivity contribution is 7.92. The Labute approximate surface area is 173 Å². The molecule has 1 fully saturated rings. The van der Waals surface area contributed by atoms with E-state index >= 15 is 0 Å². The molecule has 0 atom stereocenters. The van der Waals surface area contributed by atoms with Crippen LogP contribution in [0.3, 0.4) is 0 Å². The Bertz CT molecular complexity index is 953. The van der Waals surface area contributed by atoms with Gasteiger partial charge in [-0.3, -0.25) is 14.0 Å². The molecule has 1 heterocycles. The second-order valence-electron chi connectivity index (χ2n) is 7.62. The first-order chi connectivity index (χ1) is 13.8. The standard InChI is InChI=1S/C22H29N3O3S/c1-24(29(2,27)28)21-11-7-10-20(15-21)22(26)23-16-18-8-6-9-19(14-18)17-25-12-4-3-5-13-25/h6-11,14-15H,3-5,12-13,16-17H2,1-2H3,(H,23,26). The van der Waals surface area contributed by atoms with Gasteiger partial charge in [0, 0.05) is 25.7 Å². The van der Waals surface area contributed by atoms with Crippen molar-refractivity contribution in [2.75, 3.05) is 30.7 Å². The molecule has 0 saturated carbocycles. The van der Waals surface area contributed by atoms with Crippen LogP contribution in [0.15, 0.2) is 48.5 Å². The Morgan fingerprint density at radius 1 is 1.03 bits per heavy atom. The number of piperidine rings is 1. The topological polar surface area (TPSA) is 69.7 Å². The highest BCUT2D eigenvalue weighted by Gasteiger charge is 2.14. The average Bonchev–Trinajstić information content (AvgIpc) is 2.72. The number of carbonyl (C=O) groups excluding carboxylic acids is 1. The molecule has 156 valence electrons. The molecule has 7 heteroatoms. The average molecular weight is 416 g/mol. The van der Waals surface area contributed by atoms with Crippen LogP contribution in [0.4, 0.5) is 5.69 Å². The Morgan fingerprint density at radius 2 is 1.72 bits per heavy atom. The third kappa shape index (κ3) is 6.05. The number of nitrogens with zero attached hydrogens (tertiary/aromatic N) is 2. The Balaban J connectivity index is 1.61. The maximum absolute atomic E-state index is 12.6. The number of likely N-dealkylation sites (tertiary alicyclic amines) is 1. The van der Waals surface area contributed by atoms with Crippen LogP contribution in [-0.2, 0) is 23.1 Å². The van der Waals surface area contributed by atoms with Crippen molar-refractivity contribution in [2.45, 2.75) is 32.4 Å². The zero-order valence-corrected chi connectivity index (χ0v) is 17.9. The van der Waals surface area contributed by atoms with Gasteiger partial charge in [0.15, 0.2) is 0 Å². The van der Waals surface area contributed by atoms with Crippen molar-refractivity contribution in [3.8, 4) is 0 Å². The molecular formula is C22H29N3O3S. The SMILES string of the molecule is CN(c1cccc(C(=O)NCc2cccc(CN3CCCCC3)c2)c1)S(C)(=O)=O. The minimum absolute atomic E-state index is 0.227. The molecule has 3 rings (SSSR count). The predicted molar refractivity (Wildman–Crippen MR) is 116 cm³/mol. The Kier molecular flexibility index (Phi) is 6.92. The van der Waals surface area contributed by atoms with Crippen LogP contribution in [0, 0.1) is 0 Å². The van der Waals surface area contributed by atoms with Crippen molar-refractivity contribution in [1.82, 2.24) is 10.2 Å². The van der Waals surface area contributed by atoms with Crippen LogP contribution < -0.4 is 9.62 Å². The molecular weight excluding hydrogens is 386 g/mol. The molecule has 0 aliphatic carbocycles. The first kappa shape index (κ1) is 21.3. The number of carbonyl (C=O) groups is 1. The van der Waals surface area contributed by atoms with E-state index in [1.165, 1.54) is 31.9 Å². The van der Waals surface area contributed by atoms with Crippen molar-refractivity contribution in [3.05, 3.63) is 65.2 Å². The number of sulfonamides is 1. The molecule has 0 unspecified atom stereocenters. The zero-order valence-electron chi connectivity index (χ0n) is 17.1. The van der Waals surface area contributed by atoms with E-state index in [1.807, 2.05) is 12.1 Å². The second kappa shape index (κ2) is 9.41. The number of rotatable bonds is 7. The summed E-state index contributed by atoms with van der Waals surface area (Å²) in [7, 11) is -1.90. The number of hydrogen-bond acceptors (Lipinski definition) is 4. The van der Waals surface area contributed by atoms with Gasteiger partial charge in [0.1, 0.15) is 0 Å². The summed E-state index contributed by atoms with van der Waals surface area (Å²) in [6, 6.07) is 14.9. The van der Waals surface area contributed by atoms with Crippen molar-refractivity contribution >= 4 is 21.6 Å². The van der Waals surface area contributed by atoms with Crippen molar-refractivity contribution < 1.29 is 13.2 Å². The molecule has 0 aromatic heterocycles. The summed E-state index contributed by atoms with van der Waals surface area (Å²) in [4.78, 5) is 15.0. The smallest absolute Gasteiger partial charge is 0.251 e. The van der Waals surface area contributed by atoms with Crippen LogP contribution in [0.25, 0.3) is 0 Å².